The number of carbonyl (C=O) groups excluding carboxylic acids is 1. The van der Waals surface area contributed by atoms with Crippen LogP contribution >= 0.6 is 0 Å². The molecule has 0 atom stereocenters. The largest absolute Gasteiger partial charge is 0.493 e. The van der Waals surface area contributed by atoms with Gasteiger partial charge in [-0.25, -0.2) is 8.42 Å². The summed E-state index contributed by atoms with van der Waals surface area (Å²) in [6.07, 6.45) is 0. The molecule has 0 aliphatic carbocycles. The molecule has 1 aromatic carbocycles. The minimum absolute atomic E-state index is 0.0505. The third-order valence-corrected chi connectivity index (χ3v) is 4.43. The van der Waals surface area contributed by atoms with Crippen molar-refractivity contribution in [1.29, 1.82) is 0 Å². The fraction of sp³-hybridized carbons (Fsp3) is 0.462. The molecule has 0 saturated carbocycles. The van der Waals surface area contributed by atoms with Gasteiger partial charge in [-0.15, -0.1) is 0 Å². The van der Waals surface area contributed by atoms with Crippen LogP contribution < -0.4 is 15.8 Å². The van der Waals surface area contributed by atoms with E-state index in [0.29, 0.717) is 18.0 Å². The van der Waals surface area contributed by atoms with Gasteiger partial charge in [0.15, 0.2) is 9.84 Å². The zero-order valence-electron chi connectivity index (χ0n) is 11.7. The van der Waals surface area contributed by atoms with Crippen LogP contribution in [-0.2, 0) is 9.84 Å². The second kappa shape index (κ2) is 7.14. The zero-order chi connectivity index (χ0) is 15.2. The summed E-state index contributed by atoms with van der Waals surface area (Å²) in [7, 11) is -3.11. The Labute approximate surface area is 119 Å². The maximum absolute atomic E-state index is 12.1. The lowest BCUT2D eigenvalue weighted by molar-refractivity contribution is 0.0953. The molecule has 0 aromatic heterocycles. The van der Waals surface area contributed by atoms with Gasteiger partial charge < -0.3 is 15.8 Å². The minimum atomic E-state index is -3.11. The molecule has 6 nitrogen and oxygen atoms in total. The molecule has 112 valence electrons. The van der Waals surface area contributed by atoms with E-state index in [4.69, 9.17) is 10.5 Å². The molecule has 20 heavy (non-hydrogen) atoms. The summed E-state index contributed by atoms with van der Waals surface area (Å²) in [6, 6.07) is 4.94. The standard InChI is InChI=1S/C13H20N2O4S/c1-3-19-11-7-5-6-10(14)12(11)13(16)15-8-9-20(17,18)4-2/h5-7H,3-4,8-9,14H2,1-2H3,(H,15,16). The predicted molar refractivity (Wildman–Crippen MR) is 78.7 cm³/mol. The molecule has 0 aliphatic heterocycles. The maximum atomic E-state index is 12.1. The van der Waals surface area contributed by atoms with E-state index in [2.05, 4.69) is 5.32 Å². The summed E-state index contributed by atoms with van der Waals surface area (Å²) in [5.41, 5.74) is 6.31. The van der Waals surface area contributed by atoms with Crippen LogP contribution in [0.2, 0.25) is 0 Å². The number of anilines is 1. The Balaban J connectivity index is 2.77. The SMILES string of the molecule is CCOc1cccc(N)c1C(=O)NCCS(=O)(=O)CC. The predicted octanol–water partition coefficient (Wildman–Crippen LogP) is 0.832. The van der Waals surface area contributed by atoms with Gasteiger partial charge in [0.1, 0.15) is 11.3 Å². The van der Waals surface area contributed by atoms with Gasteiger partial charge in [-0.1, -0.05) is 13.0 Å². The van der Waals surface area contributed by atoms with Crippen LogP contribution in [0.4, 0.5) is 5.69 Å². The van der Waals surface area contributed by atoms with E-state index in [1.165, 1.54) is 0 Å². The van der Waals surface area contributed by atoms with Crippen molar-refractivity contribution < 1.29 is 17.9 Å². The van der Waals surface area contributed by atoms with E-state index in [1.54, 1.807) is 32.0 Å². The normalized spacial score (nSPS) is 11.1. The highest BCUT2D eigenvalue weighted by Gasteiger charge is 2.16. The van der Waals surface area contributed by atoms with Crippen LogP contribution in [0.3, 0.4) is 0 Å². The van der Waals surface area contributed by atoms with Crippen molar-refractivity contribution in [2.45, 2.75) is 13.8 Å². The molecule has 1 aromatic rings. The summed E-state index contributed by atoms with van der Waals surface area (Å²) in [6.45, 7) is 3.83. The Hall–Kier alpha value is -1.76. The third-order valence-electron chi connectivity index (χ3n) is 2.72. The number of nitrogen functional groups attached to an aromatic ring is 1. The molecule has 0 heterocycles. The van der Waals surface area contributed by atoms with E-state index in [-0.39, 0.29) is 23.6 Å². The number of hydrogen-bond donors (Lipinski definition) is 2. The molecule has 3 N–H and O–H groups in total. The molecule has 0 aliphatic rings. The van der Waals surface area contributed by atoms with E-state index in [0.717, 1.165) is 0 Å². The van der Waals surface area contributed by atoms with Crippen molar-refractivity contribution in [2.24, 2.45) is 0 Å². The summed E-state index contributed by atoms with van der Waals surface area (Å²) < 4.78 is 28.1. The average molecular weight is 300 g/mol. The van der Waals surface area contributed by atoms with Crippen molar-refractivity contribution in [3.05, 3.63) is 23.8 Å². The second-order valence-corrected chi connectivity index (χ2v) is 6.62. The van der Waals surface area contributed by atoms with Crippen molar-refractivity contribution >= 4 is 21.4 Å². The third kappa shape index (κ3) is 4.41. The van der Waals surface area contributed by atoms with E-state index >= 15 is 0 Å². The Kier molecular flexibility index (Phi) is 5.82. The van der Waals surface area contributed by atoms with Gasteiger partial charge in [-0.05, 0) is 19.1 Å². The van der Waals surface area contributed by atoms with Crippen molar-refractivity contribution in [1.82, 2.24) is 5.32 Å². The Morgan fingerprint density at radius 3 is 2.65 bits per heavy atom. The lowest BCUT2D eigenvalue weighted by Crippen LogP contribution is -2.30. The molecule has 1 rings (SSSR count). The van der Waals surface area contributed by atoms with Crippen molar-refractivity contribution in [3.63, 3.8) is 0 Å². The van der Waals surface area contributed by atoms with Gasteiger partial charge in [0, 0.05) is 18.0 Å². The molecule has 0 unspecified atom stereocenters. The molecule has 7 heteroatoms. The maximum Gasteiger partial charge on any atom is 0.257 e. The van der Waals surface area contributed by atoms with Crippen LogP contribution in [0, 0.1) is 0 Å². The zero-order valence-corrected chi connectivity index (χ0v) is 12.5. The monoisotopic (exact) mass is 300 g/mol. The van der Waals surface area contributed by atoms with Gasteiger partial charge in [-0.2, -0.15) is 0 Å². The van der Waals surface area contributed by atoms with Gasteiger partial charge >= 0.3 is 0 Å². The van der Waals surface area contributed by atoms with Gasteiger partial charge in [0.2, 0.25) is 0 Å². The summed E-state index contributed by atoms with van der Waals surface area (Å²) in [5.74, 6) is -0.0758. The van der Waals surface area contributed by atoms with Crippen LogP contribution in [0.1, 0.15) is 24.2 Å². The van der Waals surface area contributed by atoms with E-state index in [1.807, 2.05) is 0 Å². The van der Waals surface area contributed by atoms with Crippen LogP contribution in [-0.4, -0.2) is 39.0 Å². The summed E-state index contributed by atoms with van der Waals surface area (Å²) >= 11 is 0. The van der Waals surface area contributed by atoms with E-state index in [9.17, 15) is 13.2 Å². The van der Waals surface area contributed by atoms with Crippen molar-refractivity contribution in [2.75, 3.05) is 30.4 Å². The van der Waals surface area contributed by atoms with Crippen molar-refractivity contribution in [3.8, 4) is 5.75 Å². The van der Waals surface area contributed by atoms with Crippen LogP contribution in [0.15, 0.2) is 18.2 Å². The molecule has 0 radical (unpaired) electrons. The van der Waals surface area contributed by atoms with Gasteiger partial charge in [-0.3, -0.25) is 4.79 Å². The number of carbonyl (C=O) groups is 1. The molecule has 0 fully saturated rings. The Morgan fingerprint density at radius 2 is 2.05 bits per heavy atom. The number of hydrogen-bond acceptors (Lipinski definition) is 5. The van der Waals surface area contributed by atoms with Crippen LogP contribution in [0.5, 0.6) is 5.75 Å². The van der Waals surface area contributed by atoms with Crippen LogP contribution in [0.25, 0.3) is 0 Å². The summed E-state index contributed by atoms with van der Waals surface area (Å²) in [4.78, 5) is 12.1. The quantitative estimate of drug-likeness (QED) is 0.727. The number of nitrogens with one attached hydrogen (secondary N) is 1. The molecular weight excluding hydrogens is 280 g/mol. The first-order valence-electron chi connectivity index (χ1n) is 6.41. The van der Waals surface area contributed by atoms with Gasteiger partial charge in [0.25, 0.3) is 5.91 Å². The lowest BCUT2D eigenvalue weighted by atomic mass is 10.1. The first-order chi connectivity index (χ1) is 9.41. The molecular formula is C13H20N2O4S. The lowest BCUT2D eigenvalue weighted by Gasteiger charge is -2.12. The number of sulfone groups is 1. The van der Waals surface area contributed by atoms with Gasteiger partial charge in [0.05, 0.1) is 12.4 Å². The molecule has 0 bridgehead atoms. The molecule has 0 saturated heterocycles. The number of rotatable bonds is 7. The Bertz CT molecular complexity index is 570. The number of ether oxygens (including phenoxy) is 1. The molecule has 1 amide bonds. The first kappa shape index (κ1) is 16.3. The second-order valence-electron chi connectivity index (χ2n) is 4.15. The first-order valence-corrected chi connectivity index (χ1v) is 8.23. The highest BCUT2D eigenvalue weighted by atomic mass is 32.2. The highest BCUT2D eigenvalue weighted by Crippen LogP contribution is 2.24. The number of nitrogens with two attached hydrogens (primary N) is 1. The molecule has 0 spiro atoms. The number of benzene rings is 1. The smallest absolute Gasteiger partial charge is 0.257 e. The number of amides is 1. The fourth-order valence-electron chi connectivity index (χ4n) is 1.62. The average Bonchev–Trinajstić information content (AvgIpc) is 2.39. The minimum Gasteiger partial charge on any atom is -0.493 e. The highest BCUT2D eigenvalue weighted by molar-refractivity contribution is 7.91. The fourth-order valence-corrected chi connectivity index (χ4v) is 2.32. The Morgan fingerprint density at radius 1 is 1.35 bits per heavy atom. The topological polar surface area (TPSA) is 98.5 Å². The summed E-state index contributed by atoms with van der Waals surface area (Å²) in [5, 5.41) is 2.55. The van der Waals surface area contributed by atoms with E-state index < -0.39 is 15.7 Å².